The van der Waals surface area contributed by atoms with E-state index in [9.17, 15) is 4.79 Å². The Labute approximate surface area is 86.6 Å². The molecule has 1 aliphatic heterocycles. The Bertz CT molecular complexity index is 194. The minimum atomic E-state index is -0.289. The maximum absolute atomic E-state index is 11.8. The number of likely N-dealkylation sites (tertiary alicyclic amines) is 1. The number of carbonyl (C=O) groups excluding carboxylic acids is 1. The van der Waals surface area contributed by atoms with Gasteiger partial charge in [0, 0.05) is 13.1 Å². The summed E-state index contributed by atoms with van der Waals surface area (Å²) in [5, 5.41) is 0. The molecule has 0 saturated carbocycles. The summed E-state index contributed by atoms with van der Waals surface area (Å²) in [6.07, 6.45) is 4.24. The summed E-state index contributed by atoms with van der Waals surface area (Å²) in [6, 6.07) is -0.289. The van der Waals surface area contributed by atoms with Crippen LogP contribution in [0.2, 0.25) is 0 Å². The van der Waals surface area contributed by atoms with Crippen molar-refractivity contribution in [2.24, 2.45) is 11.7 Å². The van der Waals surface area contributed by atoms with Crippen LogP contribution < -0.4 is 5.73 Å². The van der Waals surface area contributed by atoms with E-state index in [4.69, 9.17) is 5.73 Å². The van der Waals surface area contributed by atoms with E-state index in [1.807, 2.05) is 11.8 Å². The van der Waals surface area contributed by atoms with Crippen molar-refractivity contribution in [1.29, 1.82) is 0 Å². The van der Waals surface area contributed by atoms with Crippen LogP contribution in [0.5, 0.6) is 0 Å². The minimum Gasteiger partial charge on any atom is -0.341 e. The van der Waals surface area contributed by atoms with Gasteiger partial charge in [-0.05, 0) is 31.6 Å². The monoisotopic (exact) mass is 198 g/mol. The highest BCUT2D eigenvalue weighted by Gasteiger charge is 2.21. The topological polar surface area (TPSA) is 46.3 Å². The molecule has 2 atom stereocenters. The van der Waals surface area contributed by atoms with Gasteiger partial charge in [0.2, 0.25) is 5.91 Å². The summed E-state index contributed by atoms with van der Waals surface area (Å²) >= 11 is 0. The summed E-state index contributed by atoms with van der Waals surface area (Å²) in [6.45, 7) is 6.02. The highest BCUT2D eigenvalue weighted by Crippen LogP contribution is 2.16. The highest BCUT2D eigenvalue weighted by atomic mass is 16.2. The van der Waals surface area contributed by atoms with Gasteiger partial charge in [-0.25, -0.2) is 0 Å². The van der Waals surface area contributed by atoms with Crippen LogP contribution in [0.1, 0.15) is 39.5 Å². The zero-order chi connectivity index (χ0) is 10.6. The molecule has 82 valence electrons. The molecule has 0 spiro atoms. The first-order valence-electron chi connectivity index (χ1n) is 5.69. The molecular formula is C11H22N2O. The molecule has 1 aliphatic rings. The number of hydrogen-bond donors (Lipinski definition) is 1. The summed E-state index contributed by atoms with van der Waals surface area (Å²) in [5.74, 6) is 0.896. The molecule has 0 aromatic carbocycles. The predicted molar refractivity (Wildman–Crippen MR) is 57.9 cm³/mol. The summed E-state index contributed by atoms with van der Waals surface area (Å²) in [4.78, 5) is 13.7. The second-order valence-electron chi connectivity index (χ2n) is 4.38. The first kappa shape index (κ1) is 11.5. The summed E-state index contributed by atoms with van der Waals surface area (Å²) in [7, 11) is 0. The smallest absolute Gasteiger partial charge is 0.239 e. The molecule has 1 saturated heterocycles. The Balaban J connectivity index is 2.47. The molecule has 2 N–H and O–H groups in total. The van der Waals surface area contributed by atoms with Crippen LogP contribution in [0.3, 0.4) is 0 Å². The minimum absolute atomic E-state index is 0.140. The SMILES string of the molecule is CC[C@H](N)C(=O)N1CCCC(C)CC1. The van der Waals surface area contributed by atoms with Crippen molar-refractivity contribution in [3.8, 4) is 0 Å². The van der Waals surface area contributed by atoms with E-state index in [2.05, 4.69) is 6.92 Å². The normalized spacial score (nSPS) is 25.6. The van der Waals surface area contributed by atoms with E-state index >= 15 is 0 Å². The van der Waals surface area contributed by atoms with E-state index in [1.165, 1.54) is 6.42 Å². The van der Waals surface area contributed by atoms with Crippen LogP contribution in [0.25, 0.3) is 0 Å². The van der Waals surface area contributed by atoms with Crippen LogP contribution in [-0.4, -0.2) is 29.9 Å². The van der Waals surface area contributed by atoms with E-state index in [-0.39, 0.29) is 11.9 Å². The lowest BCUT2D eigenvalue weighted by Gasteiger charge is -2.23. The molecule has 0 bridgehead atoms. The zero-order valence-corrected chi connectivity index (χ0v) is 9.33. The molecule has 1 rings (SSSR count). The second-order valence-corrected chi connectivity index (χ2v) is 4.38. The maximum atomic E-state index is 11.8. The summed E-state index contributed by atoms with van der Waals surface area (Å²) < 4.78 is 0. The van der Waals surface area contributed by atoms with Gasteiger partial charge in [-0.15, -0.1) is 0 Å². The lowest BCUT2D eigenvalue weighted by Crippen LogP contribution is -2.43. The van der Waals surface area contributed by atoms with Gasteiger partial charge < -0.3 is 10.6 Å². The third-order valence-electron chi connectivity index (χ3n) is 3.09. The van der Waals surface area contributed by atoms with Crippen molar-refractivity contribution in [3.63, 3.8) is 0 Å². The number of nitrogens with zero attached hydrogens (tertiary/aromatic N) is 1. The van der Waals surface area contributed by atoms with Crippen LogP contribution in [-0.2, 0) is 4.79 Å². The fraction of sp³-hybridized carbons (Fsp3) is 0.909. The molecule has 3 heteroatoms. The molecule has 1 amide bonds. The Morgan fingerprint density at radius 1 is 1.50 bits per heavy atom. The van der Waals surface area contributed by atoms with Gasteiger partial charge in [-0.1, -0.05) is 13.8 Å². The van der Waals surface area contributed by atoms with Crippen molar-refractivity contribution in [2.75, 3.05) is 13.1 Å². The number of rotatable bonds is 2. The first-order chi connectivity index (χ1) is 6.65. The van der Waals surface area contributed by atoms with Crippen molar-refractivity contribution < 1.29 is 4.79 Å². The summed E-state index contributed by atoms with van der Waals surface area (Å²) in [5.41, 5.74) is 5.74. The molecule has 3 nitrogen and oxygen atoms in total. The van der Waals surface area contributed by atoms with E-state index < -0.39 is 0 Å². The molecule has 0 aromatic rings. The second kappa shape index (κ2) is 5.35. The van der Waals surface area contributed by atoms with Crippen LogP contribution in [0.15, 0.2) is 0 Å². The van der Waals surface area contributed by atoms with Crippen molar-refractivity contribution in [1.82, 2.24) is 4.90 Å². The number of nitrogens with two attached hydrogens (primary N) is 1. The Kier molecular flexibility index (Phi) is 4.39. The Hall–Kier alpha value is -0.570. The van der Waals surface area contributed by atoms with Gasteiger partial charge in [0.25, 0.3) is 0 Å². The fourth-order valence-corrected chi connectivity index (χ4v) is 1.89. The molecule has 0 aliphatic carbocycles. The quantitative estimate of drug-likeness (QED) is 0.728. The zero-order valence-electron chi connectivity index (χ0n) is 9.33. The molecule has 1 unspecified atom stereocenters. The molecule has 0 radical (unpaired) electrons. The molecule has 0 aromatic heterocycles. The van der Waals surface area contributed by atoms with Gasteiger partial charge in [-0.2, -0.15) is 0 Å². The largest absolute Gasteiger partial charge is 0.341 e. The van der Waals surface area contributed by atoms with E-state index in [0.717, 1.165) is 38.3 Å². The van der Waals surface area contributed by atoms with Crippen molar-refractivity contribution in [3.05, 3.63) is 0 Å². The average molecular weight is 198 g/mol. The van der Waals surface area contributed by atoms with Crippen molar-refractivity contribution in [2.45, 2.75) is 45.6 Å². The number of amides is 1. The van der Waals surface area contributed by atoms with Crippen LogP contribution in [0.4, 0.5) is 0 Å². The molecular weight excluding hydrogens is 176 g/mol. The average Bonchev–Trinajstić information content (AvgIpc) is 2.40. The fourth-order valence-electron chi connectivity index (χ4n) is 1.89. The van der Waals surface area contributed by atoms with Gasteiger partial charge >= 0.3 is 0 Å². The molecule has 1 heterocycles. The third-order valence-corrected chi connectivity index (χ3v) is 3.09. The van der Waals surface area contributed by atoms with Crippen LogP contribution in [0, 0.1) is 5.92 Å². The number of hydrogen-bond acceptors (Lipinski definition) is 2. The number of carbonyl (C=O) groups is 1. The lowest BCUT2D eigenvalue weighted by molar-refractivity contribution is -0.132. The van der Waals surface area contributed by atoms with E-state index in [0.29, 0.717) is 0 Å². The standard InChI is InChI=1S/C11H22N2O/c1-3-10(12)11(14)13-7-4-5-9(2)6-8-13/h9-10H,3-8,12H2,1-2H3/t9?,10-/m0/s1. The van der Waals surface area contributed by atoms with Crippen molar-refractivity contribution >= 4 is 5.91 Å². The van der Waals surface area contributed by atoms with Gasteiger partial charge in [-0.3, -0.25) is 4.79 Å². The molecule has 14 heavy (non-hydrogen) atoms. The lowest BCUT2D eigenvalue weighted by atomic mass is 10.0. The Morgan fingerprint density at radius 2 is 2.21 bits per heavy atom. The third kappa shape index (κ3) is 2.98. The first-order valence-corrected chi connectivity index (χ1v) is 5.69. The van der Waals surface area contributed by atoms with Crippen LogP contribution >= 0.6 is 0 Å². The Morgan fingerprint density at radius 3 is 2.86 bits per heavy atom. The van der Waals surface area contributed by atoms with Gasteiger partial charge in [0.15, 0.2) is 0 Å². The van der Waals surface area contributed by atoms with Gasteiger partial charge in [0.05, 0.1) is 6.04 Å². The maximum Gasteiger partial charge on any atom is 0.239 e. The van der Waals surface area contributed by atoms with E-state index in [1.54, 1.807) is 0 Å². The predicted octanol–water partition coefficient (Wildman–Crippen LogP) is 1.37. The van der Waals surface area contributed by atoms with Gasteiger partial charge in [0.1, 0.15) is 0 Å². The highest BCUT2D eigenvalue weighted by molar-refractivity contribution is 5.81. The molecule has 1 fully saturated rings.